The van der Waals surface area contributed by atoms with E-state index in [-0.39, 0.29) is 12.1 Å². The number of imidazole rings is 1. The Morgan fingerprint density at radius 2 is 1.50 bits per heavy atom. The van der Waals surface area contributed by atoms with Gasteiger partial charge in [-0.05, 0) is 68.5 Å². The number of aromatic nitrogens is 2. The summed E-state index contributed by atoms with van der Waals surface area (Å²) in [5.41, 5.74) is 7.94. The lowest BCUT2D eigenvalue weighted by molar-refractivity contribution is 0.114. The summed E-state index contributed by atoms with van der Waals surface area (Å²) in [7, 11) is 0. The van der Waals surface area contributed by atoms with Crippen LogP contribution in [0, 0.1) is 25.2 Å². The number of hydrogen-bond donors (Lipinski definition) is 1. The monoisotopic (exact) mass is 499 g/mol. The fourth-order valence-electron chi connectivity index (χ4n) is 5.26. The van der Waals surface area contributed by atoms with Crippen LogP contribution < -0.4 is 5.62 Å². The predicted octanol–water partition coefficient (Wildman–Crippen LogP) is 6.70. The summed E-state index contributed by atoms with van der Waals surface area (Å²) in [5.74, 6) is 1.56. The van der Waals surface area contributed by atoms with Gasteiger partial charge in [0.15, 0.2) is 0 Å². The van der Waals surface area contributed by atoms with Crippen molar-refractivity contribution in [1.82, 2.24) is 9.13 Å². The molecule has 1 fully saturated rings. The number of ether oxygens (including phenoxy) is 1. The zero-order valence-corrected chi connectivity index (χ0v) is 22.4. The number of fused-ring (bicyclic) bond motifs is 1. The molecule has 0 amide bonds. The van der Waals surface area contributed by atoms with E-state index in [2.05, 4.69) is 102 Å². The number of benzene rings is 3. The molecule has 5 rings (SSSR count). The average molecular weight is 500 g/mol. The first kappa shape index (κ1) is 24.9. The second-order valence-electron chi connectivity index (χ2n) is 10.2. The highest BCUT2D eigenvalue weighted by atomic mass is 32.2. The third kappa shape index (κ3) is 5.33. The fraction of sp³-hybridized carbons (Fsp3) is 0.387. The topological polar surface area (TPSA) is 42.9 Å². The van der Waals surface area contributed by atoms with Gasteiger partial charge in [0.2, 0.25) is 5.62 Å². The number of thioether (sulfide) groups is 1. The van der Waals surface area contributed by atoms with Gasteiger partial charge in [-0.2, -0.15) is 11.8 Å². The van der Waals surface area contributed by atoms with E-state index in [0.29, 0.717) is 18.1 Å². The SMILES string of the molecule is CSCCOC[C@H](Cc1ccc(C)cc1)n1c(=N)n(C(c2ccc(C)cc2)C2CC2)c2ccccc21. The molecule has 1 aliphatic rings. The Kier molecular flexibility index (Phi) is 7.68. The molecule has 188 valence electrons. The minimum Gasteiger partial charge on any atom is -0.378 e. The second-order valence-corrected chi connectivity index (χ2v) is 11.1. The van der Waals surface area contributed by atoms with Crippen LogP contribution in [0.4, 0.5) is 0 Å². The number of hydrogen-bond acceptors (Lipinski definition) is 3. The first-order valence-corrected chi connectivity index (χ1v) is 14.4. The summed E-state index contributed by atoms with van der Waals surface area (Å²) >= 11 is 1.80. The molecule has 3 aromatic carbocycles. The van der Waals surface area contributed by atoms with E-state index in [1.54, 1.807) is 11.8 Å². The summed E-state index contributed by atoms with van der Waals surface area (Å²) in [6, 6.07) is 26.5. The maximum Gasteiger partial charge on any atom is 0.203 e. The Morgan fingerprint density at radius 1 is 0.889 bits per heavy atom. The molecule has 1 aliphatic carbocycles. The third-order valence-electron chi connectivity index (χ3n) is 7.32. The highest BCUT2D eigenvalue weighted by Crippen LogP contribution is 2.44. The van der Waals surface area contributed by atoms with Gasteiger partial charge in [0.05, 0.1) is 36.3 Å². The quantitative estimate of drug-likeness (QED) is 0.233. The Bertz CT molecular complexity index is 1350. The van der Waals surface area contributed by atoms with Gasteiger partial charge in [0.1, 0.15) is 0 Å². The van der Waals surface area contributed by atoms with Gasteiger partial charge in [-0.15, -0.1) is 0 Å². The molecular weight excluding hydrogens is 462 g/mol. The van der Waals surface area contributed by atoms with Gasteiger partial charge in [-0.3, -0.25) is 5.41 Å². The van der Waals surface area contributed by atoms with E-state index < -0.39 is 0 Å². The van der Waals surface area contributed by atoms with Crippen molar-refractivity contribution in [2.75, 3.05) is 25.2 Å². The van der Waals surface area contributed by atoms with Gasteiger partial charge < -0.3 is 13.9 Å². The molecule has 0 bridgehead atoms. The maximum absolute atomic E-state index is 9.53. The maximum atomic E-state index is 9.53. The van der Waals surface area contributed by atoms with E-state index in [0.717, 1.165) is 29.8 Å². The van der Waals surface area contributed by atoms with Crippen LogP contribution in [0.25, 0.3) is 11.0 Å². The van der Waals surface area contributed by atoms with Crippen molar-refractivity contribution >= 4 is 22.8 Å². The largest absolute Gasteiger partial charge is 0.378 e. The standard InChI is InChI=1S/C31H37N3OS/c1-22-8-12-24(13-9-22)20-27(21-35-18-19-36-3)33-28-6-4-5-7-29(28)34(31(33)32)30(26-16-17-26)25-14-10-23(2)11-15-25/h4-15,26-27,30,32H,16-21H2,1-3H3/t27-,30?/m0/s1. The van der Waals surface area contributed by atoms with Crippen LogP contribution >= 0.6 is 11.8 Å². The van der Waals surface area contributed by atoms with Crippen LogP contribution in [-0.2, 0) is 11.2 Å². The van der Waals surface area contributed by atoms with Crippen LogP contribution in [0.5, 0.6) is 0 Å². The molecule has 5 heteroatoms. The first-order chi connectivity index (χ1) is 17.6. The Balaban J connectivity index is 1.61. The molecule has 2 atom stereocenters. The highest BCUT2D eigenvalue weighted by molar-refractivity contribution is 7.98. The molecule has 1 saturated carbocycles. The van der Waals surface area contributed by atoms with Gasteiger partial charge in [0, 0.05) is 5.75 Å². The van der Waals surface area contributed by atoms with Crippen molar-refractivity contribution in [1.29, 1.82) is 5.41 Å². The van der Waals surface area contributed by atoms with Crippen molar-refractivity contribution in [3.05, 3.63) is 101 Å². The van der Waals surface area contributed by atoms with Crippen LogP contribution in [0.3, 0.4) is 0 Å². The molecule has 0 spiro atoms. The Hall–Kier alpha value is -2.76. The normalized spacial score (nSPS) is 15.3. The number of para-hydroxylation sites is 2. The lowest BCUT2D eigenvalue weighted by atomic mass is 10.0. The summed E-state index contributed by atoms with van der Waals surface area (Å²) in [5, 5.41) is 9.53. The predicted molar refractivity (Wildman–Crippen MR) is 151 cm³/mol. The molecule has 36 heavy (non-hydrogen) atoms. The van der Waals surface area contributed by atoms with E-state index in [9.17, 15) is 5.41 Å². The molecule has 0 aliphatic heterocycles. The zero-order valence-electron chi connectivity index (χ0n) is 21.6. The summed E-state index contributed by atoms with van der Waals surface area (Å²) in [6.45, 7) is 5.58. The first-order valence-electron chi connectivity index (χ1n) is 13.0. The summed E-state index contributed by atoms with van der Waals surface area (Å²) in [6.07, 6.45) is 5.38. The number of rotatable bonds is 11. The molecule has 1 unspecified atom stereocenters. The van der Waals surface area contributed by atoms with E-state index in [4.69, 9.17) is 4.74 Å². The minimum atomic E-state index is 0.0473. The fourth-order valence-corrected chi connectivity index (χ4v) is 5.54. The molecule has 4 aromatic rings. The van der Waals surface area contributed by atoms with E-state index in [1.165, 1.54) is 35.1 Å². The van der Waals surface area contributed by atoms with Crippen molar-refractivity contribution in [3.8, 4) is 0 Å². The zero-order chi connectivity index (χ0) is 25.1. The minimum absolute atomic E-state index is 0.0473. The van der Waals surface area contributed by atoms with Crippen molar-refractivity contribution in [3.63, 3.8) is 0 Å². The average Bonchev–Trinajstić information content (AvgIpc) is 3.68. The molecule has 0 saturated heterocycles. The van der Waals surface area contributed by atoms with Crippen LogP contribution in [0.15, 0.2) is 72.8 Å². The van der Waals surface area contributed by atoms with E-state index in [1.807, 2.05) is 0 Å². The third-order valence-corrected chi connectivity index (χ3v) is 7.90. The van der Waals surface area contributed by atoms with E-state index >= 15 is 0 Å². The van der Waals surface area contributed by atoms with Gasteiger partial charge >= 0.3 is 0 Å². The summed E-state index contributed by atoms with van der Waals surface area (Å²) in [4.78, 5) is 0. The van der Waals surface area contributed by atoms with Crippen LogP contribution in [0.1, 0.15) is 47.2 Å². The lowest BCUT2D eigenvalue weighted by Crippen LogP contribution is -2.33. The highest BCUT2D eigenvalue weighted by Gasteiger charge is 2.36. The number of nitrogens with zero attached hydrogens (tertiary/aromatic N) is 2. The number of aryl methyl sites for hydroxylation is 2. The smallest absolute Gasteiger partial charge is 0.203 e. The summed E-state index contributed by atoms with van der Waals surface area (Å²) < 4.78 is 10.7. The van der Waals surface area contributed by atoms with Gasteiger partial charge in [0.25, 0.3) is 0 Å². The molecule has 1 heterocycles. The Morgan fingerprint density at radius 3 is 2.11 bits per heavy atom. The molecule has 0 radical (unpaired) electrons. The van der Waals surface area contributed by atoms with Crippen molar-refractivity contribution in [2.45, 2.75) is 45.2 Å². The van der Waals surface area contributed by atoms with Gasteiger partial charge in [-0.25, -0.2) is 0 Å². The molecule has 1 N–H and O–H groups in total. The molecule has 1 aromatic heterocycles. The number of nitrogens with one attached hydrogen (secondary N) is 1. The van der Waals surface area contributed by atoms with Gasteiger partial charge in [-0.1, -0.05) is 71.8 Å². The Labute approximate surface area is 218 Å². The second kappa shape index (κ2) is 11.1. The van der Waals surface area contributed by atoms with Crippen LogP contribution in [0.2, 0.25) is 0 Å². The van der Waals surface area contributed by atoms with Crippen molar-refractivity contribution in [2.24, 2.45) is 5.92 Å². The lowest BCUT2D eigenvalue weighted by Gasteiger charge is -2.22. The van der Waals surface area contributed by atoms with Crippen LogP contribution in [-0.4, -0.2) is 34.4 Å². The molecule has 4 nitrogen and oxygen atoms in total. The van der Waals surface area contributed by atoms with Crippen molar-refractivity contribution < 1.29 is 4.74 Å². The molecular formula is C31H37N3OS.